The largest absolute Gasteiger partial charge is 0.444 e. The number of rotatable bonds is 4. The number of benzene rings is 2. The highest BCUT2D eigenvalue weighted by molar-refractivity contribution is 5.92. The van der Waals surface area contributed by atoms with Crippen LogP contribution in [0, 0.1) is 0 Å². The van der Waals surface area contributed by atoms with Crippen LogP contribution in [0.15, 0.2) is 54.6 Å². The van der Waals surface area contributed by atoms with Gasteiger partial charge in [0, 0.05) is 31.3 Å². The van der Waals surface area contributed by atoms with Gasteiger partial charge in [-0.2, -0.15) is 0 Å². The number of carbonyl (C=O) groups excluding carboxylic acids is 2. The number of amides is 1. The molecule has 1 aliphatic heterocycles. The van der Waals surface area contributed by atoms with Crippen molar-refractivity contribution in [3.05, 3.63) is 60.2 Å². The number of esters is 1. The van der Waals surface area contributed by atoms with Crippen molar-refractivity contribution in [2.75, 3.05) is 16.5 Å². The van der Waals surface area contributed by atoms with Gasteiger partial charge in [0.1, 0.15) is 0 Å². The Morgan fingerprint density at radius 1 is 1.08 bits per heavy atom. The third-order valence-corrected chi connectivity index (χ3v) is 4.79. The molecular weight excluding hydrogens is 328 g/mol. The van der Waals surface area contributed by atoms with Gasteiger partial charge >= 0.3 is 5.97 Å². The molecule has 5 heteroatoms. The van der Waals surface area contributed by atoms with E-state index >= 15 is 0 Å². The maximum absolute atomic E-state index is 12.5. The highest BCUT2D eigenvalue weighted by atomic mass is 16.5. The number of carbonyl (C=O) groups is 2. The summed E-state index contributed by atoms with van der Waals surface area (Å²) in [5, 5.41) is 0. The minimum absolute atomic E-state index is 0.0108. The normalized spacial score (nSPS) is 18.8. The predicted molar refractivity (Wildman–Crippen MR) is 102 cm³/mol. The molecule has 1 heterocycles. The summed E-state index contributed by atoms with van der Waals surface area (Å²) in [6.45, 7) is 5.32. The predicted octanol–water partition coefficient (Wildman–Crippen LogP) is 3.90. The lowest BCUT2D eigenvalue weighted by Crippen LogP contribution is -2.45. The maximum atomic E-state index is 12.5. The molecule has 5 nitrogen and oxygen atoms in total. The van der Waals surface area contributed by atoms with Crippen molar-refractivity contribution in [1.29, 1.82) is 0 Å². The van der Waals surface area contributed by atoms with Crippen molar-refractivity contribution in [2.45, 2.75) is 39.3 Å². The van der Waals surface area contributed by atoms with Crippen LogP contribution >= 0.6 is 0 Å². The van der Waals surface area contributed by atoms with Crippen molar-refractivity contribution >= 4 is 23.3 Å². The second kappa shape index (κ2) is 7.60. The Bertz CT molecular complexity index is 791. The summed E-state index contributed by atoms with van der Waals surface area (Å²) in [5.74, 6) is -0.289. The van der Waals surface area contributed by atoms with E-state index in [0.29, 0.717) is 0 Å². The summed E-state index contributed by atoms with van der Waals surface area (Å²) in [5.41, 5.74) is 2.96. The van der Waals surface area contributed by atoms with Crippen LogP contribution < -0.4 is 9.80 Å². The number of hydrogen-bond donors (Lipinski definition) is 0. The van der Waals surface area contributed by atoms with E-state index in [1.165, 1.54) is 6.92 Å². The van der Waals surface area contributed by atoms with E-state index in [9.17, 15) is 9.59 Å². The summed E-state index contributed by atoms with van der Waals surface area (Å²) in [6, 6.07) is 17.8. The minimum Gasteiger partial charge on any atom is -0.444 e. The Morgan fingerprint density at radius 3 is 2.38 bits per heavy atom. The van der Waals surface area contributed by atoms with Crippen LogP contribution in [0.4, 0.5) is 11.4 Å². The van der Waals surface area contributed by atoms with Gasteiger partial charge in [-0.05, 0) is 37.1 Å². The monoisotopic (exact) mass is 352 g/mol. The minimum atomic E-state index is -0.300. The number of anilines is 2. The van der Waals surface area contributed by atoms with Gasteiger partial charge in [-0.3, -0.25) is 9.59 Å². The highest BCUT2D eigenvalue weighted by Gasteiger charge is 2.35. The van der Waals surface area contributed by atoms with Crippen molar-refractivity contribution in [2.24, 2.45) is 0 Å². The lowest BCUT2D eigenvalue weighted by Gasteiger charge is -2.43. The van der Waals surface area contributed by atoms with E-state index in [0.717, 1.165) is 23.4 Å². The van der Waals surface area contributed by atoms with E-state index in [-0.39, 0.29) is 30.7 Å². The van der Waals surface area contributed by atoms with Gasteiger partial charge in [0.2, 0.25) is 5.91 Å². The van der Waals surface area contributed by atoms with Crippen LogP contribution in [0.5, 0.6) is 0 Å². The van der Waals surface area contributed by atoms with Gasteiger partial charge in [-0.15, -0.1) is 0 Å². The van der Waals surface area contributed by atoms with E-state index in [1.54, 1.807) is 6.92 Å². The Labute approximate surface area is 154 Å². The molecule has 26 heavy (non-hydrogen) atoms. The number of hydrogen-bond acceptors (Lipinski definition) is 4. The lowest BCUT2D eigenvalue weighted by molar-refractivity contribution is -0.141. The summed E-state index contributed by atoms with van der Waals surface area (Å²) < 4.78 is 5.24. The third kappa shape index (κ3) is 3.57. The molecule has 0 radical (unpaired) electrons. The molecule has 0 N–H and O–H groups in total. The molecule has 2 aromatic rings. The smallest absolute Gasteiger partial charge is 0.304 e. The van der Waals surface area contributed by atoms with Gasteiger partial charge in [0.25, 0.3) is 0 Å². The van der Waals surface area contributed by atoms with Gasteiger partial charge in [-0.1, -0.05) is 36.4 Å². The van der Waals surface area contributed by atoms with Crippen LogP contribution in [0.2, 0.25) is 0 Å². The van der Waals surface area contributed by atoms with Crippen molar-refractivity contribution in [1.82, 2.24) is 0 Å². The quantitative estimate of drug-likeness (QED) is 0.783. The average Bonchev–Trinajstić information content (AvgIpc) is 2.62. The average molecular weight is 352 g/mol. The zero-order valence-electron chi connectivity index (χ0n) is 15.4. The van der Waals surface area contributed by atoms with Crippen LogP contribution in [-0.4, -0.2) is 24.6 Å². The first-order valence-electron chi connectivity index (χ1n) is 8.83. The number of fused-ring (bicyclic) bond motifs is 1. The number of ether oxygens (including phenoxy) is 1. The SMILES string of the molecule is CC(=O)OCN1c2ccccc2C(N(C(C)=O)c2ccccc2)CC1C. The van der Waals surface area contributed by atoms with E-state index in [2.05, 4.69) is 11.8 Å². The molecule has 0 spiro atoms. The molecule has 1 aliphatic rings. The fraction of sp³-hybridized carbons (Fsp3) is 0.333. The summed E-state index contributed by atoms with van der Waals surface area (Å²) in [4.78, 5) is 27.7. The fourth-order valence-corrected chi connectivity index (χ4v) is 3.62. The first-order chi connectivity index (χ1) is 12.5. The fourth-order valence-electron chi connectivity index (χ4n) is 3.62. The first kappa shape index (κ1) is 18.0. The maximum Gasteiger partial charge on any atom is 0.304 e. The van der Waals surface area contributed by atoms with E-state index in [4.69, 9.17) is 4.74 Å². The molecule has 1 amide bonds. The van der Waals surface area contributed by atoms with Gasteiger partial charge in [-0.25, -0.2) is 0 Å². The highest BCUT2D eigenvalue weighted by Crippen LogP contribution is 2.41. The molecule has 0 saturated heterocycles. The van der Waals surface area contributed by atoms with Crippen LogP contribution in [0.25, 0.3) is 0 Å². The first-order valence-corrected chi connectivity index (χ1v) is 8.83. The van der Waals surface area contributed by atoms with Crippen molar-refractivity contribution in [3.8, 4) is 0 Å². The van der Waals surface area contributed by atoms with Crippen molar-refractivity contribution < 1.29 is 14.3 Å². The Balaban J connectivity index is 2.01. The zero-order chi connectivity index (χ0) is 18.7. The molecule has 2 atom stereocenters. The molecule has 136 valence electrons. The van der Waals surface area contributed by atoms with Crippen LogP contribution in [-0.2, 0) is 14.3 Å². The molecule has 2 aromatic carbocycles. The topological polar surface area (TPSA) is 49.9 Å². The number of para-hydroxylation sites is 2. The lowest BCUT2D eigenvalue weighted by atomic mass is 9.90. The van der Waals surface area contributed by atoms with Crippen LogP contribution in [0.1, 0.15) is 38.8 Å². The number of nitrogens with zero attached hydrogens (tertiary/aromatic N) is 2. The van der Waals surface area contributed by atoms with Crippen LogP contribution in [0.3, 0.4) is 0 Å². The molecule has 3 rings (SSSR count). The van der Waals surface area contributed by atoms with E-state index < -0.39 is 0 Å². The second-order valence-corrected chi connectivity index (χ2v) is 6.62. The molecule has 2 unspecified atom stereocenters. The van der Waals surface area contributed by atoms with Crippen molar-refractivity contribution in [3.63, 3.8) is 0 Å². The Morgan fingerprint density at radius 2 is 1.73 bits per heavy atom. The Hall–Kier alpha value is -2.82. The molecule has 0 aliphatic carbocycles. The van der Waals surface area contributed by atoms with Gasteiger partial charge in [0.15, 0.2) is 6.73 Å². The molecule has 0 aromatic heterocycles. The third-order valence-electron chi connectivity index (χ3n) is 4.79. The Kier molecular flexibility index (Phi) is 5.26. The standard InChI is InChI=1S/C21H24N2O3/c1-15-13-21(23(16(2)24)18-9-5-4-6-10-18)19-11-7-8-12-20(19)22(15)14-26-17(3)25/h4-12,15,21H,13-14H2,1-3H3. The summed E-state index contributed by atoms with van der Waals surface area (Å²) in [7, 11) is 0. The second-order valence-electron chi connectivity index (χ2n) is 6.62. The molecular formula is C21H24N2O3. The van der Waals surface area contributed by atoms with Gasteiger partial charge in [0.05, 0.1) is 6.04 Å². The summed E-state index contributed by atoms with van der Waals surface area (Å²) >= 11 is 0. The zero-order valence-corrected chi connectivity index (χ0v) is 15.4. The summed E-state index contributed by atoms with van der Waals surface area (Å²) in [6.07, 6.45) is 0.757. The van der Waals surface area contributed by atoms with Gasteiger partial charge < -0.3 is 14.5 Å². The molecule has 0 bridgehead atoms. The molecule has 0 fully saturated rings. The van der Waals surface area contributed by atoms with E-state index in [1.807, 2.05) is 59.5 Å². The molecule has 0 saturated carbocycles.